The third kappa shape index (κ3) is 6.35. The molecule has 39 heavy (non-hydrogen) atoms. The third-order valence-electron chi connectivity index (χ3n) is 6.31. The highest BCUT2D eigenvalue weighted by molar-refractivity contribution is 6.05. The van der Waals surface area contributed by atoms with E-state index < -0.39 is 29.9 Å². The van der Waals surface area contributed by atoms with E-state index in [-0.39, 0.29) is 28.3 Å². The molecule has 10 heteroatoms. The number of rotatable bonds is 9. The molecule has 3 aromatic rings. The van der Waals surface area contributed by atoms with Gasteiger partial charge < -0.3 is 20.5 Å². The van der Waals surface area contributed by atoms with Gasteiger partial charge >= 0.3 is 0 Å². The number of hydrogen-bond acceptors (Lipinski definition) is 6. The van der Waals surface area contributed by atoms with E-state index in [9.17, 15) is 28.7 Å². The summed E-state index contributed by atoms with van der Waals surface area (Å²) in [6.07, 6.45) is -0.414. The SMILES string of the molecule is CCC(F)(F)c1cccc(NC(=O)/C(NO)=C(\C)NC(=O)c2cc(-c3c(C)cccc3C)c(OC)cc2O)c1. The number of methoxy groups -OCH3 is 1. The second-order valence-corrected chi connectivity index (χ2v) is 9.00. The van der Waals surface area contributed by atoms with Crippen molar-refractivity contribution >= 4 is 17.5 Å². The normalized spacial score (nSPS) is 11.9. The van der Waals surface area contributed by atoms with Crippen LogP contribution in [0.15, 0.2) is 66.0 Å². The molecule has 5 N–H and O–H groups in total. The number of phenolic OH excluding ortho intramolecular Hbond substituents is 1. The Morgan fingerprint density at radius 1 is 1.03 bits per heavy atom. The number of nitrogens with one attached hydrogen (secondary N) is 3. The maximum Gasteiger partial charge on any atom is 0.275 e. The molecule has 0 aliphatic rings. The Bertz CT molecular complexity index is 1420. The van der Waals surface area contributed by atoms with Gasteiger partial charge in [0.1, 0.15) is 17.2 Å². The number of benzene rings is 3. The Labute approximate surface area is 225 Å². The molecule has 0 heterocycles. The van der Waals surface area contributed by atoms with Crippen molar-refractivity contribution < 1.29 is 33.4 Å². The van der Waals surface area contributed by atoms with Crippen molar-refractivity contribution in [3.63, 3.8) is 0 Å². The fourth-order valence-corrected chi connectivity index (χ4v) is 4.18. The van der Waals surface area contributed by atoms with E-state index in [1.165, 1.54) is 51.3 Å². The number of alkyl halides is 2. The first-order valence-electron chi connectivity index (χ1n) is 12.1. The molecule has 0 aromatic heterocycles. The zero-order chi connectivity index (χ0) is 28.9. The number of allylic oxidation sites excluding steroid dienone is 1. The summed E-state index contributed by atoms with van der Waals surface area (Å²) in [6.45, 7) is 6.53. The van der Waals surface area contributed by atoms with Gasteiger partial charge in [-0.1, -0.05) is 37.3 Å². The van der Waals surface area contributed by atoms with Crippen molar-refractivity contribution in [3.05, 3.63) is 88.2 Å². The number of amides is 2. The van der Waals surface area contributed by atoms with Crippen LogP contribution in [-0.4, -0.2) is 29.2 Å². The molecule has 3 rings (SSSR count). The first kappa shape index (κ1) is 29.1. The Morgan fingerprint density at radius 3 is 2.26 bits per heavy atom. The number of hydroxylamine groups is 1. The summed E-state index contributed by atoms with van der Waals surface area (Å²) in [7, 11) is 1.45. The predicted octanol–water partition coefficient (Wildman–Crippen LogP) is 5.77. The van der Waals surface area contributed by atoms with Crippen LogP contribution in [-0.2, 0) is 10.7 Å². The molecule has 3 aromatic carbocycles. The highest BCUT2D eigenvalue weighted by Gasteiger charge is 2.29. The molecule has 0 atom stereocenters. The summed E-state index contributed by atoms with van der Waals surface area (Å²) in [5, 5.41) is 25.1. The number of aromatic hydroxyl groups is 1. The van der Waals surface area contributed by atoms with Crippen molar-refractivity contribution in [2.24, 2.45) is 0 Å². The average Bonchev–Trinajstić information content (AvgIpc) is 2.89. The standard InChI is InChI=1S/C29H31F2N3O5/c1-6-29(30,31)19-11-8-12-20(13-19)33-28(37)26(34-38)18(4)32-27(36)21-14-22(24(39-5)15-23(21)35)25-16(2)9-7-10-17(25)3/h7-15,34-35,38H,6H2,1-5H3,(H,32,36)(H,33,37)/b26-18-. The Hall–Kier alpha value is -4.44. The summed E-state index contributed by atoms with van der Waals surface area (Å²) in [5.41, 5.74) is 4.22. The van der Waals surface area contributed by atoms with Gasteiger partial charge in [-0.3, -0.25) is 20.3 Å². The van der Waals surface area contributed by atoms with Crippen LogP contribution in [0.1, 0.15) is 47.3 Å². The van der Waals surface area contributed by atoms with Crippen molar-refractivity contribution in [1.82, 2.24) is 10.8 Å². The zero-order valence-corrected chi connectivity index (χ0v) is 22.3. The molecular weight excluding hydrogens is 508 g/mol. The molecule has 8 nitrogen and oxygen atoms in total. The van der Waals surface area contributed by atoms with Crippen LogP contribution in [0.2, 0.25) is 0 Å². The van der Waals surface area contributed by atoms with Gasteiger partial charge in [-0.2, -0.15) is 0 Å². The molecule has 0 spiro atoms. The quantitative estimate of drug-likeness (QED) is 0.174. The maximum atomic E-state index is 14.1. The minimum atomic E-state index is -3.07. The van der Waals surface area contributed by atoms with E-state index in [1.807, 2.05) is 32.0 Å². The van der Waals surface area contributed by atoms with Crippen molar-refractivity contribution in [1.29, 1.82) is 0 Å². The first-order chi connectivity index (χ1) is 18.4. The second kappa shape index (κ2) is 12.0. The summed E-state index contributed by atoms with van der Waals surface area (Å²) in [5.74, 6) is -4.72. The number of anilines is 1. The van der Waals surface area contributed by atoms with Crippen LogP contribution in [0.4, 0.5) is 14.5 Å². The molecule has 0 saturated heterocycles. The summed E-state index contributed by atoms with van der Waals surface area (Å²) >= 11 is 0. The molecule has 0 saturated carbocycles. The number of phenols is 1. The summed E-state index contributed by atoms with van der Waals surface area (Å²) in [6, 6.07) is 13.7. The van der Waals surface area contributed by atoms with Crippen LogP contribution in [0.25, 0.3) is 11.1 Å². The topological polar surface area (TPSA) is 120 Å². The van der Waals surface area contributed by atoms with Gasteiger partial charge in [-0.05, 0) is 55.7 Å². The number of carbonyl (C=O) groups is 2. The lowest BCUT2D eigenvalue weighted by molar-refractivity contribution is -0.114. The van der Waals surface area contributed by atoms with Gasteiger partial charge in [-0.15, -0.1) is 0 Å². The molecule has 0 unspecified atom stereocenters. The van der Waals surface area contributed by atoms with Gasteiger partial charge in [0, 0.05) is 35.0 Å². The molecule has 206 valence electrons. The Balaban J connectivity index is 1.91. The summed E-state index contributed by atoms with van der Waals surface area (Å²) in [4.78, 5) is 25.9. The molecule has 0 radical (unpaired) electrons. The van der Waals surface area contributed by atoms with Gasteiger partial charge in [0.05, 0.1) is 12.7 Å². The fraction of sp³-hybridized carbons (Fsp3) is 0.241. The third-order valence-corrected chi connectivity index (χ3v) is 6.31. The largest absolute Gasteiger partial charge is 0.507 e. The molecule has 0 fully saturated rings. The maximum absolute atomic E-state index is 14.1. The van der Waals surface area contributed by atoms with Crippen LogP contribution in [0.3, 0.4) is 0 Å². The van der Waals surface area contributed by atoms with Crippen LogP contribution in [0, 0.1) is 13.8 Å². The number of halogens is 2. The molecule has 0 aliphatic heterocycles. The first-order valence-corrected chi connectivity index (χ1v) is 12.1. The van der Waals surface area contributed by atoms with Crippen LogP contribution < -0.4 is 20.9 Å². The smallest absolute Gasteiger partial charge is 0.275 e. The zero-order valence-electron chi connectivity index (χ0n) is 22.3. The van der Waals surface area contributed by atoms with Crippen LogP contribution in [0.5, 0.6) is 11.5 Å². The highest BCUT2D eigenvalue weighted by Crippen LogP contribution is 2.39. The van der Waals surface area contributed by atoms with Crippen molar-refractivity contribution in [3.8, 4) is 22.6 Å². The van der Waals surface area contributed by atoms with E-state index in [1.54, 1.807) is 5.48 Å². The minimum absolute atomic E-state index is 0.0727. The number of hydrogen-bond donors (Lipinski definition) is 5. The van der Waals surface area contributed by atoms with E-state index in [4.69, 9.17) is 4.74 Å². The number of aryl methyl sites for hydroxylation is 2. The number of carbonyl (C=O) groups excluding carboxylic acids is 2. The fourth-order valence-electron chi connectivity index (χ4n) is 4.18. The van der Waals surface area contributed by atoms with Gasteiger partial charge in [0.2, 0.25) is 0 Å². The monoisotopic (exact) mass is 539 g/mol. The minimum Gasteiger partial charge on any atom is -0.507 e. The van der Waals surface area contributed by atoms with E-state index in [0.29, 0.717) is 11.3 Å². The lowest BCUT2D eigenvalue weighted by Crippen LogP contribution is -2.31. The van der Waals surface area contributed by atoms with E-state index in [0.717, 1.165) is 22.8 Å². The molecule has 2 amide bonds. The average molecular weight is 540 g/mol. The molecule has 0 aliphatic carbocycles. The molecular formula is C29H31F2N3O5. The highest BCUT2D eigenvalue weighted by atomic mass is 19.3. The van der Waals surface area contributed by atoms with Crippen molar-refractivity contribution in [2.75, 3.05) is 12.4 Å². The van der Waals surface area contributed by atoms with Gasteiger partial charge in [0.25, 0.3) is 17.7 Å². The predicted molar refractivity (Wildman–Crippen MR) is 144 cm³/mol. The van der Waals surface area contributed by atoms with E-state index in [2.05, 4.69) is 10.6 Å². The number of ether oxygens (including phenoxy) is 1. The van der Waals surface area contributed by atoms with Gasteiger partial charge in [0.15, 0.2) is 0 Å². The van der Waals surface area contributed by atoms with Crippen molar-refractivity contribution in [2.45, 2.75) is 40.0 Å². The Kier molecular flexibility index (Phi) is 8.92. The van der Waals surface area contributed by atoms with Gasteiger partial charge in [-0.25, -0.2) is 8.78 Å². The lowest BCUT2D eigenvalue weighted by atomic mass is 9.93. The Morgan fingerprint density at radius 2 is 1.67 bits per heavy atom. The van der Waals surface area contributed by atoms with E-state index >= 15 is 0 Å². The lowest BCUT2D eigenvalue weighted by Gasteiger charge is -2.18. The second-order valence-electron chi connectivity index (χ2n) is 9.00. The summed E-state index contributed by atoms with van der Waals surface area (Å²) < 4.78 is 33.6. The molecule has 0 bridgehead atoms. The van der Waals surface area contributed by atoms with Crippen LogP contribution >= 0.6 is 0 Å².